The third-order valence-electron chi connectivity index (χ3n) is 13.9. The van der Waals surface area contributed by atoms with Crippen molar-refractivity contribution < 1.29 is 38.1 Å². The number of halogens is 2. The van der Waals surface area contributed by atoms with Crippen molar-refractivity contribution in [3.05, 3.63) is 94.8 Å². The van der Waals surface area contributed by atoms with E-state index >= 15 is 4.39 Å². The van der Waals surface area contributed by atoms with Crippen LogP contribution in [0.25, 0.3) is 10.8 Å². The number of pyridine rings is 1. The first kappa shape index (κ1) is 36.7. The molecule has 0 unspecified atom stereocenters. The van der Waals surface area contributed by atoms with Gasteiger partial charge in [0.25, 0.3) is 0 Å². The maximum absolute atomic E-state index is 17.6. The molecule has 2 N–H and O–H groups in total. The van der Waals surface area contributed by atoms with Crippen molar-refractivity contribution >= 4 is 51.5 Å². The molecule has 1 aromatic heterocycles. The van der Waals surface area contributed by atoms with Gasteiger partial charge in [0, 0.05) is 58.6 Å². The van der Waals surface area contributed by atoms with Crippen LogP contribution in [0, 0.1) is 34.5 Å². The molecule has 1 heterocycles. The lowest BCUT2D eigenvalue weighted by molar-refractivity contribution is -0.224. The second-order valence-corrected chi connectivity index (χ2v) is 16.9. The first-order valence-corrected chi connectivity index (χ1v) is 19.1. The number of benzene rings is 2. The number of esters is 1. The van der Waals surface area contributed by atoms with Crippen LogP contribution in [-0.4, -0.2) is 64.6 Å². The predicted octanol–water partition coefficient (Wildman–Crippen LogP) is 7.36. The maximum Gasteiger partial charge on any atom is 0.338 e. The zero-order chi connectivity index (χ0) is 38.4. The number of Topliss-reactive ketones (excluding diaryl/α,β-unsaturated/α-hetero) is 1. The van der Waals surface area contributed by atoms with Gasteiger partial charge in [-0.2, -0.15) is 0 Å². The summed E-state index contributed by atoms with van der Waals surface area (Å²) in [6.07, 6.45) is 8.38. The minimum absolute atomic E-state index is 0.0303. The Bertz CT molecular complexity index is 2170. The average molecular weight is 755 g/mol. The summed E-state index contributed by atoms with van der Waals surface area (Å²) >= 11 is 6.30. The molecule has 8 rings (SSSR count). The number of ketones is 2. The normalized spacial score (nSPS) is 36.4. The Hall–Kier alpha value is -4.25. The van der Waals surface area contributed by atoms with Gasteiger partial charge in [-0.1, -0.05) is 55.3 Å². The van der Waals surface area contributed by atoms with Crippen molar-refractivity contribution in [2.24, 2.45) is 34.5 Å². The number of nitrogens with one attached hydrogen (secondary N) is 1. The van der Waals surface area contributed by atoms with Gasteiger partial charge < -0.3 is 19.9 Å². The highest BCUT2D eigenvalue weighted by Gasteiger charge is 2.76. The van der Waals surface area contributed by atoms with Crippen LogP contribution in [0.1, 0.15) is 74.7 Å². The molecule has 10 atom stereocenters. The zero-order valence-corrected chi connectivity index (χ0v) is 31.5. The number of ether oxygens (including phenoxy) is 2. The van der Waals surface area contributed by atoms with Gasteiger partial charge in [-0.3, -0.25) is 19.4 Å². The standard InChI is InChI=1S/C43H44ClFN2O7/c1-23-14-34-33-11-9-27-16-29(48)12-13-40(27,2)42(33,45)36(49)19-41(34,3)43(23,53-4)37(50)22-54-39(52)25-7-5-6-24(15-25)30-18-32(30)38(51)47-28-10-8-26-20-46-21-35(44)31(26)17-28/h5-8,10,12-13,15-17,20-21,23,30,32-34,36,49H,9,11,14,18-19,22H2,1-4H3,(H,47,51)/t23-,30+,32-,33+,34+,36+,40+,41+,42+,43+/m1/s1. The van der Waals surface area contributed by atoms with E-state index in [0.717, 1.165) is 16.3 Å². The number of nitrogens with zero attached hydrogens (tertiary/aromatic N) is 1. The third-order valence-corrected chi connectivity index (χ3v) is 14.2. The highest BCUT2D eigenvalue weighted by molar-refractivity contribution is 6.35. The fraction of sp³-hybridized carbons (Fsp3) is 0.465. The molecule has 0 spiro atoms. The summed E-state index contributed by atoms with van der Waals surface area (Å²) in [7, 11) is 1.46. The van der Waals surface area contributed by atoms with Gasteiger partial charge in [0.15, 0.2) is 18.1 Å². The minimum atomic E-state index is -2.04. The Kier molecular flexibility index (Phi) is 8.78. The van der Waals surface area contributed by atoms with E-state index in [1.807, 2.05) is 32.0 Å². The van der Waals surface area contributed by atoms with Crippen LogP contribution in [0.4, 0.5) is 10.1 Å². The molecule has 0 saturated heterocycles. The second kappa shape index (κ2) is 12.9. The van der Waals surface area contributed by atoms with E-state index in [0.29, 0.717) is 42.0 Å². The highest BCUT2D eigenvalue weighted by Crippen LogP contribution is 2.71. The Morgan fingerprint density at radius 3 is 2.67 bits per heavy atom. The van der Waals surface area contributed by atoms with Crippen molar-refractivity contribution in [1.82, 2.24) is 4.98 Å². The highest BCUT2D eigenvalue weighted by atomic mass is 35.5. The summed E-state index contributed by atoms with van der Waals surface area (Å²) < 4.78 is 29.5. The molecule has 282 valence electrons. The number of carbonyl (C=O) groups excluding carboxylic acids is 4. The molecule has 2 aromatic carbocycles. The van der Waals surface area contributed by atoms with E-state index < -0.39 is 52.5 Å². The number of aliphatic hydroxyl groups excluding tert-OH is 1. The lowest BCUT2D eigenvalue weighted by Crippen LogP contribution is -2.69. The number of rotatable bonds is 8. The Morgan fingerprint density at radius 2 is 1.89 bits per heavy atom. The summed E-state index contributed by atoms with van der Waals surface area (Å²) in [4.78, 5) is 57.2. The number of methoxy groups -OCH3 is 1. The SMILES string of the molecule is CO[C@]1(C(=O)COC(=O)c2cccc([C@@H]3C[C@H]3C(=O)Nc3ccc4cncc(Cl)c4c3)c2)[C@H](C)C[C@H]2[C@@H]3CCC4=CC(=O)C=C[C@]4(C)[C@@]3(F)[C@@H](O)C[C@@]21C. The topological polar surface area (TPSA) is 132 Å². The van der Waals surface area contributed by atoms with Crippen LogP contribution in [0.5, 0.6) is 0 Å². The predicted molar refractivity (Wildman–Crippen MR) is 201 cm³/mol. The summed E-state index contributed by atoms with van der Waals surface area (Å²) in [6.45, 7) is 5.02. The molecule has 0 bridgehead atoms. The number of amides is 1. The van der Waals surface area contributed by atoms with Crippen LogP contribution in [0.15, 0.2) is 78.7 Å². The van der Waals surface area contributed by atoms with E-state index in [-0.39, 0.29) is 47.3 Å². The summed E-state index contributed by atoms with van der Waals surface area (Å²) in [5.74, 6) is -3.02. The minimum Gasteiger partial charge on any atom is -0.454 e. The smallest absolute Gasteiger partial charge is 0.338 e. The quantitative estimate of drug-likeness (QED) is 0.228. The molecule has 4 saturated carbocycles. The molecular weight excluding hydrogens is 711 g/mol. The van der Waals surface area contributed by atoms with E-state index in [9.17, 15) is 24.3 Å². The van der Waals surface area contributed by atoms with E-state index in [4.69, 9.17) is 21.1 Å². The van der Waals surface area contributed by atoms with Crippen LogP contribution in [-0.2, 0) is 23.9 Å². The number of aromatic nitrogens is 1. The van der Waals surface area contributed by atoms with Crippen LogP contribution in [0.3, 0.4) is 0 Å². The molecule has 0 aliphatic heterocycles. The second-order valence-electron chi connectivity index (χ2n) is 16.5. The monoisotopic (exact) mass is 754 g/mol. The molecule has 54 heavy (non-hydrogen) atoms. The molecule has 5 aliphatic carbocycles. The van der Waals surface area contributed by atoms with Crippen LogP contribution in [0.2, 0.25) is 5.02 Å². The Morgan fingerprint density at radius 1 is 1.09 bits per heavy atom. The van der Waals surface area contributed by atoms with Crippen LogP contribution < -0.4 is 5.32 Å². The average Bonchev–Trinajstić information content (AvgIpc) is 3.92. The van der Waals surface area contributed by atoms with Gasteiger partial charge >= 0.3 is 5.97 Å². The fourth-order valence-electron chi connectivity index (χ4n) is 11.2. The van der Waals surface area contributed by atoms with Gasteiger partial charge in [0.1, 0.15) is 5.60 Å². The molecular formula is C43H44ClFN2O7. The molecule has 9 nitrogen and oxygen atoms in total. The van der Waals surface area contributed by atoms with Gasteiger partial charge in [0.05, 0.1) is 16.7 Å². The van der Waals surface area contributed by atoms with Gasteiger partial charge in [-0.15, -0.1) is 0 Å². The molecule has 4 fully saturated rings. The molecule has 1 amide bonds. The van der Waals surface area contributed by atoms with Crippen molar-refractivity contribution in [2.45, 2.75) is 76.2 Å². The lowest BCUT2D eigenvalue weighted by atomic mass is 9.44. The molecule has 5 aliphatic rings. The number of carbonyl (C=O) groups is 4. The number of alkyl halides is 1. The zero-order valence-electron chi connectivity index (χ0n) is 30.7. The number of fused-ring (bicyclic) bond motifs is 6. The maximum atomic E-state index is 17.6. The lowest BCUT2D eigenvalue weighted by Gasteiger charge is -2.63. The number of hydrogen-bond donors (Lipinski definition) is 2. The molecule has 0 radical (unpaired) electrons. The molecule has 3 aromatic rings. The third kappa shape index (κ3) is 5.27. The first-order valence-electron chi connectivity index (χ1n) is 18.7. The van der Waals surface area contributed by atoms with E-state index in [2.05, 4.69) is 10.3 Å². The number of allylic oxidation sites excluding steroid dienone is 4. The van der Waals surface area contributed by atoms with Gasteiger partial charge in [0.2, 0.25) is 11.7 Å². The van der Waals surface area contributed by atoms with E-state index in [1.165, 1.54) is 19.3 Å². The van der Waals surface area contributed by atoms with Crippen molar-refractivity contribution in [3.8, 4) is 0 Å². The summed E-state index contributed by atoms with van der Waals surface area (Å²) in [6, 6.07) is 12.4. The van der Waals surface area contributed by atoms with E-state index in [1.54, 1.807) is 49.7 Å². The van der Waals surface area contributed by atoms with Crippen molar-refractivity contribution in [1.29, 1.82) is 0 Å². The molecule has 11 heteroatoms. The van der Waals surface area contributed by atoms with Crippen molar-refractivity contribution in [2.75, 3.05) is 19.0 Å². The number of hydrogen-bond acceptors (Lipinski definition) is 8. The summed E-state index contributed by atoms with van der Waals surface area (Å²) in [5, 5.41) is 16.9. The Balaban J connectivity index is 0.950. The summed E-state index contributed by atoms with van der Waals surface area (Å²) in [5.41, 5.74) is -3.16. The van der Waals surface area contributed by atoms with Crippen LogP contribution >= 0.6 is 11.6 Å². The Labute approximate surface area is 318 Å². The largest absolute Gasteiger partial charge is 0.454 e. The number of aliphatic hydroxyl groups is 1. The van der Waals surface area contributed by atoms with Crippen molar-refractivity contribution in [3.63, 3.8) is 0 Å². The fourth-order valence-corrected chi connectivity index (χ4v) is 11.4. The first-order chi connectivity index (χ1) is 25.7. The number of anilines is 1. The van der Waals surface area contributed by atoms with Gasteiger partial charge in [-0.05, 0) is 98.8 Å². The van der Waals surface area contributed by atoms with Gasteiger partial charge in [-0.25, -0.2) is 9.18 Å².